The van der Waals surface area contributed by atoms with Gasteiger partial charge >= 0.3 is 12.1 Å². The molecule has 3 amide bonds. The van der Waals surface area contributed by atoms with E-state index in [1.165, 1.54) is 5.06 Å². The van der Waals surface area contributed by atoms with Crippen molar-refractivity contribution in [3.63, 3.8) is 0 Å². The number of hydrogen-bond acceptors (Lipinski definition) is 7. The fourth-order valence-corrected chi connectivity index (χ4v) is 5.09. The third-order valence-electron chi connectivity index (χ3n) is 6.70. The normalized spacial score (nSPS) is 26.5. The summed E-state index contributed by atoms with van der Waals surface area (Å²) in [4.78, 5) is 35.2. The quantitative estimate of drug-likeness (QED) is 0.619. The zero-order valence-corrected chi connectivity index (χ0v) is 20.7. The Morgan fingerprint density at radius 3 is 2.51 bits per heavy atom. The highest BCUT2D eigenvalue weighted by molar-refractivity contribution is 5.77. The predicted molar refractivity (Wildman–Crippen MR) is 125 cm³/mol. The minimum absolute atomic E-state index is 0.00296. The lowest BCUT2D eigenvalue weighted by atomic mass is 10.0. The average Bonchev–Trinajstić information content (AvgIpc) is 3.50. The minimum atomic E-state index is -0.587. The summed E-state index contributed by atoms with van der Waals surface area (Å²) in [6, 6.07) is 8.97. The van der Waals surface area contributed by atoms with Crippen LogP contribution in [0.25, 0.3) is 0 Å². The van der Waals surface area contributed by atoms with Gasteiger partial charge < -0.3 is 14.1 Å². The Labute approximate surface area is 205 Å². The summed E-state index contributed by atoms with van der Waals surface area (Å²) >= 11 is 0. The van der Waals surface area contributed by atoms with Crippen molar-refractivity contribution in [2.75, 3.05) is 13.1 Å². The molecule has 3 fully saturated rings. The predicted octanol–water partition coefficient (Wildman–Crippen LogP) is 4.46. The molecular formula is C25H33N5O5. The summed E-state index contributed by atoms with van der Waals surface area (Å²) in [7, 11) is 0. The van der Waals surface area contributed by atoms with E-state index in [1.807, 2.05) is 51.1 Å². The number of nitrogens with zero attached hydrogens (tertiary/aromatic N) is 5. The van der Waals surface area contributed by atoms with Crippen LogP contribution in [0.2, 0.25) is 0 Å². The van der Waals surface area contributed by atoms with Gasteiger partial charge in [0, 0.05) is 13.1 Å². The van der Waals surface area contributed by atoms with Crippen LogP contribution in [0.15, 0.2) is 34.7 Å². The Morgan fingerprint density at radius 2 is 1.80 bits per heavy atom. The Hall–Kier alpha value is -3.14. The maximum Gasteiger partial charge on any atom is 0.410 e. The molecule has 1 aromatic carbocycles. The highest BCUT2D eigenvalue weighted by atomic mass is 16.7. The molecule has 10 heteroatoms. The number of carbonyl (C=O) groups excluding carboxylic acids is 2. The van der Waals surface area contributed by atoms with Gasteiger partial charge in [-0.3, -0.25) is 9.74 Å². The third-order valence-corrected chi connectivity index (χ3v) is 6.70. The van der Waals surface area contributed by atoms with E-state index in [-0.39, 0.29) is 36.2 Å². The number of urea groups is 1. The van der Waals surface area contributed by atoms with E-state index in [2.05, 4.69) is 17.1 Å². The van der Waals surface area contributed by atoms with Gasteiger partial charge in [-0.15, -0.1) is 10.2 Å². The lowest BCUT2D eigenvalue weighted by molar-refractivity contribution is -0.140. The maximum atomic E-state index is 13.1. The van der Waals surface area contributed by atoms with Crippen molar-refractivity contribution in [2.45, 2.75) is 77.3 Å². The molecule has 3 aliphatic rings. The Kier molecular flexibility index (Phi) is 6.16. The van der Waals surface area contributed by atoms with E-state index in [9.17, 15) is 9.59 Å². The number of hydroxylamine groups is 2. The lowest BCUT2D eigenvalue weighted by Gasteiger charge is -2.28. The van der Waals surface area contributed by atoms with E-state index in [4.69, 9.17) is 14.0 Å². The molecule has 2 aromatic rings. The van der Waals surface area contributed by atoms with Crippen molar-refractivity contribution in [1.29, 1.82) is 0 Å². The fraction of sp³-hybridized carbons (Fsp3) is 0.600. The average molecular weight is 484 g/mol. The van der Waals surface area contributed by atoms with Gasteiger partial charge in [0.15, 0.2) is 0 Å². The van der Waals surface area contributed by atoms with Crippen molar-refractivity contribution in [3.8, 4) is 0 Å². The first-order chi connectivity index (χ1) is 16.7. The molecule has 4 heterocycles. The molecule has 5 rings (SSSR count). The summed E-state index contributed by atoms with van der Waals surface area (Å²) in [6.07, 6.45) is 1.83. The summed E-state index contributed by atoms with van der Waals surface area (Å²) in [5.41, 5.74) is 0.423. The molecule has 10 nitrogen and oxygen atoms in total. The number of benzene rings is 1. The summed E-state index contributed by atoms with van der Waals surface area (Å²) < 4.78 is 11.7. The molecule has 3 aliphatic heterocycles. The molecule has 2 bridgehead atoms. The fourth-order valence-electron chi connectivity index (χ4n) is 5.09. The number of aromatic nitrogens is 2. The smallest absolute Gasteiger partial charge is 0.410 e. The molecule has 0 saturated carbocycles. The summed E-state index contributed by atoms with van der Waals surface area (Å²) in [5, 5.41) is 10.1. The van der Waals surface area contributed by atoms with Gasteiger partial charge in [-0.1, -0.05) is 37.3 Å². The third kappa shape index (κ3) is 4.84. The number of carbonyl (C=O) groups is 2. The van der Waals surface area contributed by atoms with Crippen molar-refractivity contribution < 1.29 is 23.6 Å². The standard InChI is InChI=1S/C25H33N5O5/c1-16-12-20(29(13-16)24(32)35-25(2,3)4)22-27-26-21(34-22)19-11-10-18-14-28(19)23(31)30(18)33-15-17-8-6-5-7-9-17/h5-9,16,18-20H,10-15H2,1-4H3/t16-,18-,19+,20+/m1/s1. The highest BCUT2D eigenvalue weighted by Crippen LogP contribution is 2.40. The molecule has 0 aliphatic carbocycles. The monoisotopic (exact) mass is 483 g/mol. The van der Waals surface area contributed by atoms with E-state index in [1.54, 1.807) is 9.80 Å². The lowest BCUT2D eigenvalue weighted by Crippen LogP contribution is -2.36. The molecule has 0 N–H and O–H groups in total. The van der Waals surface area contributed by atoms with Crippen molar-refractivity contribution in [3.05, 3.63) is 47.7 Å². The second kappa shape index (κ2) is 9.14. The number of ether oxygens (including phenoxy) is 1. The van der Waals surface area contributed by atoms with Gasteiger partial charge in [0.25, 0.3) is 0 Å². The second-order valence-electron chi connectivity index (χ2n) is 10.7. The molecule has 3 saturated heterocycles. The topological polar surface area (TPSA) is 101 Å². The van der Waals surface area contributed by atoms with E-state index < -0.39 is 5.60 Å². The number of hydrogen-bond donors (Lipinski definition) is 0. The molecule has 0 radical (unpaired) electrons. The first-order valence-corrected chi connectivity index (χ1v) is 12.3. The van der Waals surface area contributed by atoms with Crippen LogP contribution in [0.4, 0.5) is 9.59 Å². The Morgan fingerprint density at radius 1 is 1.09 bits per heavy atom. The van der Waals surface area contributed by atoms with Crippen molar-refractivity contribution in [1.82, 2.24) is 25.1 Å². The zero-order valence-electron chi connectivity index (χ0n) is 20.7. The molecule has 188 valence electrons. The number of amides is 3. The van der Waals surface area contributed by atoms with Crippen LogP contribution < -0.4 is 0 Å². The van der Waals surface area contributed by atoms with Crippen LogP contribution in [0.1, 0.15) is 76.4 Å². The molecule has 35 heavy (non-hydrogen) atoms. The molecule has 0 unspecified atom stereocenters. The van der Waals surface area contributed by atoms with Gasteiger partial charge in [-0.2, -0.15) is 5.06 Å². The van der Waals surface area contributed by atoms with Crippen LogP contribution in [-0.2, 0) is 16.2 Å². The van der Waals surface area contributed by atoms with Crippen LogP contribution in [0.3, 0.4) is 0 Å². The Bertz CT molecular complexity index is 1070. The summed E-state index contributed by atoms with van der Waals surface area (Å²) in [5.74, 6) is 1.08. The zero-order chi connectivity index (χ0) is 24.7. The van der Waals surface area contributed by atoms with Crippen LogP contribution in [0, 0.1) is 5.92 Å². The van der Waals surface area contributed by atoms with E-state index >= 15 is 0 Å². The van der Waals surface area contributed by atoms with E-state index in [0.717, 1.165) is 18.4 Å². The molecule has 0 spiro atoms. The second-order valence-corrected chi connectivity index (χ2v) is 10.7. The number of rotatable bonds is 5. The molecular weight excluding hydrogens is 450 g/mol. The van der Waals surface area contributed by atoms with Gasteiger partial charge in [0.05, 0.1) is 6.04 Å². The first-order valence-electron chi connectivity index (χ1n) is 12.3. The maximum absolute atomic E-state index is 13.1. The van der Waals surface area contributed by atoms with Crippen molar-refractivity contribution in [2.24, 2.45) is 5.92 Å². The van der Waals surface area contributed by atoms with Crippen LogP contribution in [0.5, 0.6) is 0 Å². The van der Waals surface area contributed by atoms with Gasteiger partial charge in [-0.05, 0) is 51.5 Å². The highest BCUT2D eigenvalue weighted by Gasteiger charge is 2.48. The summed E-state index contributed by atoms with van der Waals surface area (Å²) in [6.45, 7) is 9.10. The van der Waals surface area contributed by atoms with Crippen LogP contribution in [-0.4, -0.2) is 61.9 Å². The van der Waals surface area contributed by atoms with Crippen molar-refractivity contribution >= 4 is 12.1 Å². The van der Waals surface area contributed by atoms with Gasteiger partial charge in [-0.25, -0.2) is 9.59 Å². The first kappa shape index (κ1) is 23.6. The van der Waals surface area contributed by atoms with E-state index in [0.29, 0.717) is 37.9 Å². The number of fused-ring (bicyclic) bond motifs is 2. The van der Waals surface area contributed by atoms with Crippen LogP contribution >= 0.6 is 0 Å². The minimum Gasteiger partial charge on any atom is -0.444 e. The van der Waals surface area contributed by atoms with Gasteiger partial charge in [0.1, 0.15) is 24.3 Å². The SMILES string of the molecule is C[C@@H]1C[C@@H](c2nnc([C@@H]3CC[C@@H]4CN3C(=O)N4OCc3ccccc3)o2)N(C(=O)OC(C)(C)C)C1. The molecule has 4 atom stereocenters. The largest absolute Gasteiger partial charge is 0.444 e. The Balaban J connectivity index is 1.27. The van der Waals surface area contributed by atoms with Gasteiger partial charge in [0.2, 0.25) is 11.8 Å². The number of likely N-dealkylation sites (tertiary alicyclic amines) is 1. The number of piperidine rings is 1. The molecule has 1 aromatic heterocycles.